The molecule has 3 aromatic rings. The molecule has 1 N–H and O–H groups in total. The second-order valence-electron chi connectivity index (χ2n) is 6.58. The van der Waals surface area contributed by atoms with Crippen LogP contribution in [0.1, 0.15) is 11.9 Å². The average molecular weight is 415 g/mol. The number of aromatic nitrogens is 3. The minimum atomic E-state index is -0.566. The lowest BCUT2D eigenvalue weighted by Crippen LogP contribution is -2.33. The van der Waals surface area contributed by atoms with Gasteiger partial charge in [0, 0.05) is 30.3 Å². The summed E-state index contributed by atoms with van der Waals surface area (Å²) in [7, 11) is 0. The van der Waals surface area contributed by atoms with Crippen LogP contribution in [0.5, 0.6) is 0 Å². The van der Waals surface area contributed by atoms with Crippen LogP contribution in [-0.2, 0) is 16.1 Å². The van der Waals surface area contributed by atoms with Crippen LogP contribution in [0.4, 0.5) is 14.9 Å². The van der Waals surface area contributed by atoms with Crippen LogP contribution in [0.3, 0.4) is 0 Å². The number of thiazole rings is 1. The smallest absolute Gasteiger partial charge is 0.414 e. The van der Waals surface area contributed by atoms with Gasteiger partial charge in [-0.3, -0.25) is 9.69 Å². The average Bonchev–Trinajstić information content (AvgIpc) is 3.42. The number of hydrogen-bond donors (Lipinski definition) is 1. The highest BCUT2D eigenvalue weighted by atomic mass is 32.1. The van der Waals surface area contributed by atoms with Gasteiger partial charge in [0.25, 0.3) is 0 Å². The molecule has 150 valence electrons. The SMILES string of the molecule is CC(=O)NCC1CN(c2ccc(-c3csc(Cn4ccnc4)n3)c(F)c2)C(=O)O1. The molecular formula is C19H18FN5O3S. The zero-order chi connectivity index (χ0) is 20.4. The summed E-state index contributed by atoms with van der Waals surface area (Å²) in [5, 5.41) is 5.25. The molecule has 10 heteroatoms. The highest BCUT2D eigenvalue weighted by Crippen LogP contribution is 2.30. The molecule has 3 heterocycles. The molecule has 1 atom stereocenters. The molecule has 29 heavy (non-hydrogen) atoms. The first kappa shape index (κ1) is 19.1. The van der Waals surface area contributed by atoms with E-state index in [1.54, 1.807) is 30.0 Å². The topological polar surface area (TPSA) is 89.4 Å². The first-order valence-electron chi connectivity index (χ1n) is 8.92. The van der Waals surface area contributed by atoms with Crippen molar-refractivity contribution in [2.24, 2.45) is 0 Å². The predicted octanol–water partition coefficient (Wildman–Crippen LogP) is 2.66. The summed E-state index contributed by atoms with van der Waals surface area (Å²) >= 11 is 1.44. The zero-order valence-corrected chi connectivity index (χ0v) is 16.4. The van der Waals surface area contributed by atoms with Crippen LogP contribution < -0.4 is 10.2 Å². The number of benzene rings is 1. The summed E-state index contributed by atoms with van der Waals surface area (Å²) in [5.41, 5.74) is 1.31. The van der Waals surface area contributed by atoms with E-state index in [0.29, 0.717) is 23.5 Å². The van der Waals surface area contributed by atoms with Crippen molar-refractivity contribution in [2.75, 3.05) is 18.0 Å². The van der Waals surface area contributed by atoms with Crippen molar-refractivity contribution in [1.82, 2.24) is 19.9 Å². The Morgan fingerprint density at radius 1 is 1.45 bits per heavy atom. The van der Waals surface area contributed by atoms with Gasteiger partial charge in [-0.1, -0.05) is 0 Å². The van der Waals surface area contributed by atoms with Crippen LogP contribution in [0.15, 0.2) is 42.3 Å². The maximum atomic E-state index is 14.8. The Morgan fingerprint density at radius 2 is 2.31 bits per heavy atom. The number of carbonyl (C=O) groups excluding carboxylic acids is 2. The van der Waals surface area contributed by atoms with Gasteiger partial charge in [-0.05, 0) is 18.2 Å². The molecule has 0 spiro atoms. The Balaban J connectivity index is 1.48. The largest absolute Gasteiger partial charge is 0.442 e. The van der Waals surface area contributed by atoms with Gasteiger partial charge in [-0.25, -0.2) is 19.2 Å². The fraction of sp³-hybridized carbons (Fsp3) is 0.263. The summed E-state index contributed by atoms with van der Waals surface area (Å²) in [6, 6.07) is 4.57. The van der Waals surface area contributed by atoms with Gasteiger partial charge in [0.2, 0.25) is 5.91 Å². The van der Waals surface area contributed by atoms with Crippen LogP contribution in [0.2, 0.25) is 0 Å². The van der Waals surface area contributed by atoms with Crippen molar-refractivity contribution in [3.8, 4) is 11.3 Å². The van der Waals surface area contributed by atoms with Crippen molar-refractivity contribution in [3.63, 3.8) is 0 Å². The van der Waals surface area contributed by atoms with Gasteiger partial charge in [0.05, 0.1) is 37.3 Å². The van der Waals surface area contributed by atoms with Crippen LogP contribution >= 0.6 is 11.3 Å². The number of nitrogens with zero attached hydrogens (tertiary/aromatic N) is 4. The first-order valence-corrected chi connectivity index (χ1v) is 9.80. The van der Waals surface area contributed by atoms with E-state index >= 15 is 0 Å². The Kier molecular flexibility index (Phi) is 5.26. The molecule has 1 aliphatic heterocycles. The maximum absolute atomic E-state index is 14.8. The molecule has 1 aromatic carbocycles. The molecule has 2 aromatic heterocycles. The van der Waals surface area contributed by atoms with Crippen molar-refractivity contribution < 1.29 is 18.7 Å². The van der Waals surface area contributed by atoms with Gasteiger partial charge in [0.15, 0.2) is 0 Å². The molecule has 1 unspecified atom stereocenters. The standard InChI is InChI=1S/C19H18FN5O3S/c1-12(26)22-7-14-8-25(19(27)28-14)13-2-3-15(16(20)6-13)17-10-29-18(23-17)9-24-5-4-21-11-24/h2-6,10-11,14H,7-9H2,1H3,(H,22,26). The van der Waals surface area contributed by atoms with Crippen LogP contribution in [-0.4, -0.2) is 45.7 Å². The lowest BCUT2D eigenvalue weighted by molar-refractivity contribution is -0.119. The molecule has 2 amide bonds. The summed E-state index contributed by atoms with van der Waals surface area (Å²) in [6.45, 7) is 2.42. The quantitative estimate of drug-likeness (QED) is 0.669. The molecule has 1 saturated heterocycles. The third kappa shape index (κ3) is 4.27. The summed E-state index contributed by atoms with van der Waals surface area (Å²) < 4.78 is 21.9. The molecule has 8 nitrogen and oxygen atoms in total. The summed E-state index contributed by atoms with van der Waals surface area (Å²) in [6.07, 6.45) is 4.19. The molecule has 4 rings (SSSR count). The maximum Gasteiger partial charge on any atom is 0.414 e. The number of amides is 2. The van der Waals surface area contributed by atoms with Crippen molar-refractivity contribution in [1.29, 1.82) is 0 Å². The van der Waals surface area contributed by atoms with E-state index < -0.39 is 18.0 Å². The minimum absolute atomic E-state index is 0.203. The van der Waals surface area contributed by atoms with E-state index in [1.165, 1.54) is 29.2 Å². The van der Waals surface area contributed by atoms with Gasteiger partial charge < -0.3 is 14.6 Å². The normalized spacial score (nSPS) is 16.1. The summed E-state index contributed by atoms with van der Waals surface area (Å²) in [5.74, 6) is -0.675. The lowest BCUT2D eigenvalue weighted by atomic mass is 10.1. The molecule has 0 aliphatic carbocycles. The van der Waals surface area contributed by atoms with Crippen molar-refractivity contribution >= 4 is 29.0 Å². The van der Waals surface area contributed by atoms with Gasteiger partial charge >= 0.3 is 6.09 Å². The Labute approximate surface area is 170 Å². The molecule has 0 radical (unpaired) electrons. The zero-order valence-electron chi connectivity index (χ0n) is 15.5. The number of imidazole rings is 1. The van der Waals surface area contributed by atoms with E-state index in [9.17, 15) is 14.0 Å². The van der Waals surface area contributed by atoms with E-state index in [4.69, 9.17) is 4.74 Å². The number of nitrogens with one attached hydrogen (secondary N) is 1. The Bertz CT molecular complexity index is 1040. The predicted molar refractivity (Wildman–Crippen MR) is 105 cm³/mol. The highest BCUT2D eigenvalue weighted by molar-refractivity contribution is 7.09. The molecule has 1 aliphatic rings. The Morgan fingerprint density at radius 3 is 3.03 bits per heavy atom. The lowest BCUT2D eigenvalue weighted by Gasteiger charge is -2.14. The third-order valence-electron chi connectivity index (χ3n) is 4.42. The second kappa shape index (κ2) is 8.00. The molecule has 0 saturated carbocycles. The van der Waals surface area contributed by atoms with Crippen molar-refractivity contribution in [3.05, 3.63) is 53.1 Å². The van der Waals surface area contributed by atoms with Gasteiger partial charge in [0.1, 0.15) is 16.9 Å². The van der Waals surface area contributed by atoms with E-state index in [2.05, 4.69) is 15.3 Å². The third-order valence-corrected chi connectivity index (χ3v) is 5.26. The number of rotatable bonds is 6. The van der Waals surface area contributed by atoms with E-state index in [1.807, 2.05) is 10.8 Å². The number of hydrogen-bond acceptors (Lipinski definition) is 6. The van der Waals surface area contributed by atoms with E-state index in [-0.39, 0.29) is 19.0 Å². The highest BCUT2D eigenvalue weighted by Gasteiger charge is 2.32. The van der Waals surface area contributed by atoms with Crippen LogP contribution in [0, 0.1) is 5.82 Å². The fourth-order valence-electron chi connectivity index (χ4n) is 3.02. The first-order chi connectivity index (χ1) is 14.0. The number of ether oxygens (including phenoxy) is 1. The molecular weight excluding hydrogens is 397 g/mol. The number of halogens is 1. The second-order valence-corrected chi connectivity index (χ2v) is 7.52. The monoisotopic (exact) mass is 415 g/mol. The fourth-order valence-corrected chi connectivity index (χ4v) is 3.82. The van der Waals surface area contributed by atoms with Gasteiger partial charge in [-0.2, -0.15) is 0 Å². The molecule has 0 bridgehead atoms. The molecule has 1 fully saturated rings. The summed E-state index contributed by atoms with van der Waals surface area (Å²) in [4.78, 5) is 33.0. The van der Waals surface area contributed by atoms with Gasteiger partial charge in [-0.15, -0.1) is 11.3 Å². The Hall–Kier alpha value is -3.27. The number of cyclic esters (lactones) is 1. The number of carbonyl (C=O) groups is 2. The number of anilines is 1. The van der Waals surface area contributed by atoms with Crippen molar-refractivity contribution in [2.45, 2.75) is 19.6 Å². The van der Waals surface area contributed by atoms with Crippen LogP contribution in [0.25, 0.3) is 11.3 Å². The minimum Gasteiger partial charge on any atom is -0.442 e. The van der Waals surface area contributed by atoms with E-state index in [0.717, 1.165) is 5.01 Å².